The predicted octanol–water partition coefficient (Wildman–Crippen LogP) is 2.68. The molecule has 2 heterocycles. The van der Waals surface area contributed by atoms with Gasteiger partial charge in [-0.25, -0.2) is 9.97 Å². The van der Waals surface area contributed by atoms with Crippen molar-refractivity contribution in [3.8, 4) is 11.6 Å². The second-order valence-electron chi connectivity index (χ2n) is 4.25. The molecule has 5 nitrogen and oxygen atoms in total. The Morgan fingerprint density at radius 3 is 2.63 bits per heavy atom. The second-order valence-corrected chi connectivity index (χ2v) is 4.25. The van der Waals surface area contributed by atoms with Gasteiger partial charge in [0.1, 0.15) is 12.1 Å². The summed E-state index contributed by atoms with van der Waals surface area (Å²) in [4.78, 5) is 12.6. The maximum Gasteiger partial charge on any atom is 0.227 e. The minimum atomic E-state index is 0.464. The predicted molar refractivity (Wildman–Crippen MR) is 74.2 cm³/mol. The normalized spacial score (nSPS) is 10.5. The van der Waals surface area contributed by atoms with Crippen LogP contribution in [0.4, 0.5) is 5.82 Å². The van der Waals surface area contributed by atoms with Crippen LogP contribution in [0.2, 0.25) is 0 Å². The van der Waals surface area contributed by atoms with E-state index in [1.807, 2.05) is 32.9 Å². The fourth-order valence-corrected chi connectivity index (χ4v) is 1.88. The molecule has 0 spiro atoms. The third-order valence-electron chi connectivity index (χ3n) is 2.91. The molecular weight excluding hydrogens is 240 g/mol. The van der Waals surface area contributed by atoms with Crippen LogP contribution in [0.15, 0.2) is 18.5 Å². The summed E-state index contributed by atoms with van der Waals surface area (Å²) in [5, 5.41) is 0. The van der Waals surface area contributed by atoms with Crippen molar-refractivity contribution in [1.29, 1.82) is 0 Å². The molecule has 0 fully saturated rings. The van der Waals surface area contributed by atoms with E-state index in [4.69, 9.17) is 10.5 Å². The van der Waals surface area contributed by atoms with Gasteiger partial charge in [0, 0.05) is 5.69 Å². The third-order valence-corrected chi connectivity index (χ3v) is 2.91. The van der Waals surface area contributed by atoms with E-state index in [0.29, 0.717) is 11.7 Å². The number of anilines is 1. The number of ether oxygens (including phenoxy) is 1. The average molecular weight is 258 g/mol. The highest BCUT2D eigenvalue weighted by atomic mass is 16.5. The van der Waals surface area contributed by atoms with Crippen LogP contribution in [0.25, 0.3) is 0 Å². The molecule has 0 aliphatic carbocycles. The number of nitrogens with two attached hydrogens (primary N) is 1. The molecular formula is C14H18N4O. The van der Waals surface area contributed by atoms with Crippen molar-refractivity contribution in [2.45, 2.75) is 33.6 Å². The highest BCUT2D eigenvalue weighted by Crippen LogP contribution is 2.28. The fraction of sp³-hybridized carbons (Fsp3) is 0.357. The van der Waals surface area contributed by atoms with Crippen molar-refractivity contribution in [1.82, 2.24) is 15.0 Å². The van der Waals surface area contributed by atoms with Gasteiger partial charge < -0.3 is 10.5 Å². The van der Waals surface area contributed by atoms with Gasteiger partial charge in [-0.05, 0) is 31.9 Å². The first-order valence-corrected chi connectivity index (χ1v) is 6.39. The summed E-state index contributed by atoms with van der Waals surface area (Å²) in [5.41, 5.74) is 8.55. The lowest BCUT2D eigenvalue weighted by atomic mass is 10.2. The summed E-state index contributed by atoms with van der Waals surface area (Å²) < 4.78 is 5.86. The van der Waals surface area contributed by atoms with E-state index in [1.54, 1.807) is 0 Å². The molecule has 2 aromatic heterocycles. The van der Waals surface area contributed by atoms with E-state index in [0.717, 1.165) is 35.5 Å². The monoisotopic (exact) mass is 258 g/mol. The quantitative estimate of drug-likeness (QED) is 0.912. The number of aryl methyl sites for hydroxylation is 2. The maximum atomic E-state index is 5.86. The molecule has 0 unspecified atom stereocenters. The van der Waals surface area contributed by atoms with Gasteiger partial charge in [-0.15, -0.1) is 0 Å². The van der Waals surface area contributed by atoms with Gasteiger partial charge in [0.25, 0.3) is 0 Å². The van der Waals surface area contributed by atoms with Crippen molar-refractivity contribution in [2.75, 3.05) is 5.73 Å². The van der Waals surface area contributed by atoms with Crippen molar-refractivity contribution in [3.05, 3.63) is 35.4 Å². The summed E-state index contributed by atoms with van der Waals surface area (Å²) in [6, 6.07) is 3.84. The minimum absolute atomic E-state index is 0.464. The van der Waals surface area contributed by atoms with Crippen LogP contribution in [0, 0.1) is 6.92 Å². The molecule has 0 radical (unpaired) electrons. The number of nitrogens with zero attached hydrogens (tertiary/aromatic N) is 3. The second kappa shape index (κ2) is 5.65. The Hall–Kier alpha value is -2.17. The van der Waals surface area contributed by atoms with E-state index in [1.165, 1.54) is 6.33 Å². The van der Waals surface area contributed by atoms with E-state index >= 15 is 0 Å². The number of aromatic nitrogens is 3. The van der Waals surface area contributed by atoms with Crippen LogP contribution in [-0.4, -0.2) is 15.0 Å². The van der Waals surface area contributed by atoms with Crippen molar-refractivity contribution in [3.63, 3.8) is 0 Å². The van der Waals surface area contributed by atoms with Gasteiger partial charge in [-0.2, -0.15) is 0 Å². The lowest BCUT2D eigenvalue weighted by molar-refractivity contribution is 0.447. The Kier molecular flexibility index (Phi) is 3.94. The molecule has 0 atom stereocenters. The van der Waals surface area contributed by atoms with Gasteiger partial charge in [0.05, 0.1) is 11.3 Å². The van der Waals surface area contributed by atoms with Crippen LogP contribution in [-0.2, 0) is 12.8 Å². The lowest BCUT2D eigenvalue weighted by Gasteiger charge is -2.12. The topological polar surface area (TPSA) is 73.9 Å². The fourth-order valence-electron chi connectivity index (χ4n) is 1.88. The Bertz CT molecular complexity index is 584. The van der Waals surface area contributed by atoms with E-state index in [9.17, 15) is 0 Å². The van der Waals surface area contributed by atoms with Gasteiger partial charge in [-0.1, -0.05) is 13.8 Å². The largest absolute Gasteiger partial charge is 0.437 e. The standard InChI is InChI=1S/C14H18N4O/c1-4-10-13(15)16-8-17-14(10)19-12-7-6-9(3)18-11(12)5-2/h6-8H,4-5H2,1-3H3,(H2,15,16,17). The maximum absolute atomic E-state index is 5.86. The Morgan fingerprint density at radius 2 is 1.95 bits per heavy atom. The zero-order valence-corrected chi connectivity index (χ0v) is 11.5. The summed E-state index contributed by atoms with van der Waals surface area (Å²) in [6.07, 6.45) is 2.94. The highest BCUT2D eigenvalue weighted by Gasteiger charge is 2.12. The molecule has 0 aromatic carbocycles. The first kappa shape index (κ1) is 13.3. The molecule has 2 N–H and O–H groups in total. The molecule has 0 saturated carbocycles. The minimum Gasteiger partial charge on any atom is -0.437 e. The number of hydrogen-bond acceptors (Lipinski definition) is 5. The molecule has 100 valence electrons. The number of pyridine rings is 1. The van der Waals surface area contributed by atoms with E-state index < -0.39 is 0 Å². The molecule has 0 bridgehead atoms. The molecule has 0 aliphatic heterocycles. The molecule has 0 saturated heterocycles. The smallest absolute Gasteiger partial charge is 0.227 e. The summed E-state index contributed by atoms with van der Waals surface area (Å²) >= 11 is 0. The molecule has 0 aliphatic rings. The molecule has 2 rings (SSSR count). The van der Waals surface area contributed by atoms with Gasteiger partial charge >= 0.3 is 0 Å². The van der Waals surface area contributed by atoms with Crippen molar-refractivity contribution >= 4 is 5.82 Å². The first-order valence-electron chi connectivity index (χ1n) is 6.39. The van der Waals surface area contributed by atoms with E-state index in [2.05, 4.69) is 15.0 Å². The zero-order chi connectivity index (χ0) is 13.8. The molecule has 0 amide bonds. The van der Waals surface area contributed by atoms with Gasteiger partial charge in [0.2, 0.25) is 5.88 Å². The summed E-state index contributed by atoms with van der Waals surface area (Å²) in [6.45, 7) is 6.00. The van der Waals surface area contributed by atoms with E-state index in [-0.39, 0.29) is 0 Å². The Balaban J connectivity index is 2.39. The molecule has 5 heteroatoms. The summed E-state index contributed by atoms with van der Waals surface area (Å²) in [7, 11) is 0. The third kappa shape index (κ3) is 2.81. The van der Waals surface area contributed by atoms with Crippen LogP contribution in [0.3, 0.4) is 0 Å². The average Bonchev–Trinajstić information content (AvgIpc) is 2.41. The number of hydrogen-bond donors (Lipinski definition) is 1. The summed E-state index contributed by atoms with van der Waals surface area (Å²) in [5.74, 6) is 1.70. The van der Waals surface area contributed by atoms with Crippen molar-refractivity contribution < 1.29 is 4.74 Å². The Morgan fingerprint density at radius 1 is 1.16 bits per heavy atom. The number of rotatable bonds is 4. The SMILES string of the molecule is CCc1nc(C)ccc1Oc1ncnc(N)c1CC. The highest BCUT2D eigenvalue weighted by molar-refractivity contribution is 5.46. The lowest BCUT2D eigenvalue weighted by Crippen LogP contribution is -2.03. The number of nitrogen functional groups attached to an aromatic ring is 1. The van der Waals surface area contributed by atoms with Crippen LogP contribution < -0.4 is 10.5 Å². The van der Waals surface area contributed by atoms with Gasteiger partial charge in [0.15, 0.2) is 5.75 Å². The van der Waals surface area contributed by atoms with Crippen LogP contribution in [0.5, 0.6) is 11.6 Å². The van der Waals surface area contributed by atoms with Crippen LogP contribution >= 0.6 is 0 Å². The Labute approximate surface area is 112 Å². The molecule has 19 heavy (non-hydrogen) atoms. The first-order chi connectivity index (χ1) is 9.15. The zero-order valence-electron chi connectivity index (χ0n) is 11.5. The van der Waals surface area contributed by atoms with Gasteiger partial charge in [-0.3, -0.25) is 4.98 Å². The van der Waals surface area contributed by atoms with Crippen molar-refractivity contribution in [2.24, 2.45) is 0 Å². The van der Waals surface area contributed by atoms with Crippen LogP contribution in [0.1, 0.15) is 30.8 Å². The molecule has 2 aromatic rings.